The monoisotopic (exact) mass is 195 g/mol. The Morgan fingerprint density at radius 2 is 1.86 bits per heavy atom. The van der Waals surface area contributed by atoms with E-state index in [9.17, 15) is 4.79 Å². The van der Waals surface area contributed by atoms with Crippen LogP contribution in [0.2, 0.25) is 0 Å². The fourth-order valence-electron chi connectivity index (χ4n) is 0.585. The maximum Gasteiger partial charge on any atom is 0.0902 e. The predicted octanol–water partition coefficient (Wildman–Crippen LogP) is 2.58. The molecule has 0 aromatic carbocycles. The Morgan fingerprint density at radius 3 is 2.07 bits per heavy atom. The van der Waals surface area contributed by atoms with E-state index in [4.69, 9.17) is 4.65 Å². The summed E-state index contributed by atoms with van der Waals surface area (Å²) in [6, 6.07) is 6.94. The van der Waals surface area contributed by atoms with E-state index in [0.717, 1.165) is 0 Å². The maximum absolute atomic E-state index is 9.77. The molecule has 2 rings (SSSR count). The molecule has 74 valence electrons. The first kappa shape index (κ1) is 12.0. The van der Waals surface area contributed by atoms with Crippen LogP contribution in [0.25, 0.3) is 0 Å². The van der Waals surface area contributed by atoms with Crippen LogP contribution in [0, 0.1) is 6.65 Å². The smallest absolute Gasteiger partial charge is 0.0902 e. The van der Waals surface area contributed by atoms with Crippen molar-refractivity contribution in [3.63, 3.8) is 0 Å². The molecule has 0 spiro atoms. The van der Waals surface area contributed by atoms with Crippen LogP contribution in [0.5, 0.6) is 0 Å². The van der Waals surface area contributed by atoms with Gasteiger partial charge in [-0.25, -0.2) is 0 Å². The minimum atomic E-state index is 0. The van der Waals surface area contributed by atoms with Crippen molar-refractivity contribution in [2.24, 2.45) is 0 Å². The number of carbonyl (C=O) groups excluding carboxylic acids is 1. The standard InChI is InChI=1S/C5H4O2.C4H4O.CO.H2/c6-4-5-2-1-3-7-5;1-2-4-5-3-1;1-2;/h1-4H;1-4H;;1H/i;;;1+1. The molecule has 0 amide bonds. The van der Waals surface area contributed by atoms with Gasteiger partial charge in [0.15, 0.2) is 12.0 Å². The molecule has 2 aromatic rings. The third-order valence-corrected chi connectivity index (χ3v) is 1.08. The van der Waals surface area contributed by atoms with Crippen LogP contribution in [-0.4, -0.2) is 6.29 Å². The molecular formula is C10H10O4. The van der Waals surface area contributed by atoms with Crippen LogP contribution in [-0.2, 0) is 4.65 Å². The van der Waals surface area contributed by atoms with E-state index in [2.05, 4.69) is 15.5 Å². The van der Waals surface area contributed by atoms with Gasteiger partial charge < -0.3 is 8.83 Å². The van der Waals surface area contributed by atoms with E-state index in [0.29, 0.717) is 12.0 Å². The number of hydrogen-bond acceptors (Lipinski definition) is 3. The predicted molar refractivity (Wildman–Crippen MR) is 48.8 cm³/mol. The molecule has 0 atom stereocenters. The van der Waals surface area contributed by atoms with Gasteiger partial charge in [-0.2, -0.15) is 0 Å². The quantitative estimate of drug-likeness (QED) is 0.399. The van der Waals surface area contributed by atoms with E-state index >= 15 is 0 Å². The van der Waals surface area contributed by atoms with Gasteiger partial charge in [-0.3, -0.25) is 4.79 Å². The van der Waals surface area contributed by atoms with E-state index in [-0.39, 0.29) is 1.43 Å². The third-order valence-electron chi connectivity index (χ3n) is 1.08. The van der Waals surface area contributed by atoms with Crippen LogP contribution >= 0.6 is 0 Å². The molecule has 0 aliphatic rings. The minimum Gasteiger partial charge on any atom is -0.473 e. The molecule has 0 bridgehead atoms. The van der Waals surface area contributed by atoms with Crippen molar-refractivity contribution in [1.82, 2.24) is 0 Å². The topological polar surface area (TPSA) is 63.2 Å². The SMILES string of the molecule is O=Cc1ccco1.[2HH].[C-]#[O+].c1ccoc1. The van der Waals surface area contributed by atoms with Crippen LogP contribution in [0.3, 0.4) is 0 Å². The summed E-state index contributed by atoms with van der Waals surface area (Å²) in [7, 11) is 0. The molecule has 0 radical (unpaired) electrons. The minimum absolute atomic E-state index is 0. The molecule has 0 aliphatic heterocycles. The van der Waals surface area contributed by atoms with E-state index in [1.165, 1.54) is 6.26 Å². The second-order valence-corrected chi connectivity index (χ2v) is 1.93. The van der Waals surface area contributed by atoms with Crippen molar-refractivity contribution in [3.05, 3.63) is 55.5 Å². The Balaban J connectivity index is 0. The molecule has 0 unspecified atom stereocenters. The van der Waals surface area contributed by atoms with Gasteiger partial charge in [0.05, 0.1) is 18.8 Å². The van der Waals surface area contributed by atoms with E-state index < -0.39 is 0 Å². The molecule has 2 heterocycles. The summed E-state index contributed by atoms with van der Waals surface area (Å²) in [6.07, 6.45) is 5.38. The van der Waals surface area contributed by atoms with E-state index in [1.54, 1.807) is 24.7 Å². The zero-order chi connectivity index (χ0) is 10.6. The largest absolute Gasteiger partial charge is 0.473 e. The molecule has 0 saturated carbocycles. The Morgan fingerprint density at radius 1 is 1.21 bits per heavy atom. The molecule has 0 N–H and O–H groups in total. The molecule has 4 heteroatoms. The van der Waals surface area contributed by atoms with Gasteiger partial charge in [0.2, 0.25) is 0 Å². The number of aldehydes is 1. The first-order chi connectivity index (χ1) is 6.93. The van der Waals surface area contributed by atoms with Crippen molar-refractivity contribution >= 4 is 6.29 Å². The maximum atomic E-state index is 9.77. The summed E-state index contributed by atoms with van der Waals surface area (Å²) in [5.41, 5.74) is 0. The Kier molecular flexibility index (Phi) is 7.75. The number of carbonyl (C=O) groups is 1. The fraction of sp³-hybridized carbons (Fsp3) is 0. The van der Waals surface area contributed by atoms with Crippen molar-refractivity contribution in [2.75, 3.05) is 0 Å². The molecule has 4 nitrogen and oxygen atoms in total. The normalized spacial score (nSPS) is 7.29. The Bertz CT molecular complexity index is 306. The summed E-state index contributed by atoms with van der Waals surface area (Å²) in [6.45, 7) is 4.50. The average molecular weight is 195 g/mol. The zero-order valence-corrected chi connectivity index (χ0v) is 7.25. The second-order valence-electron chi connectivity index (χ2n) is 1.93. The third kappa shape index (κ3) is 5.60. The average Bonchev–Trinajstić information content (AvgIpc) is 2.97. The molecule has 0 saturated heterocycles. The molecule has 0 fully saturated rings. The Labute approximate surface area is 82.3 Å². The van der Waals surface area contributed by atoms with Crippen molar-refractivity contribution in [1.29, 1.82) is 0 Å². The Hall–Kier alpha value is -2.03. The zero-order valence-electron chi connectivity index (χ0n) is 7.25. The molecule has 14 heavy (non-hydrogen) atoms. The van der Waals surface area contributed by atoms with Crippen LogP contribution in [0.1, 0.15) is 12.0 Å². The summed E-state index contributed by atoms with van der Waals surface area (Å²) in [5, 5.41) is 0. The fourth-order valence-corrected chi connectivity index (χ4v) is 0.585. The molecule has 2 aromatic heterocycles. The summed E-state index contributed by atoms with van der Waals surface area (Å²) in [4.78, 5) is 9.77. The number of hydrogen-bond donors (Lipinski definition) is 0. The van der Waals surface area contributed by atoms with Crippen molar-refractivity contribution in [3.8, 4) is 0 Å². The van der Waals surface area contributed by atoms with Crippen molar-refractivity contribution in [2.45, 2.75) is 0 Å². The van der Waals surface area contributed by atoms with Gasteiger partial charge in [-0.15, -0.1) is 0 Å². The van der Waals surface area contributed by atoms with Gasteiger partial charge in [0.1, 0.15) is 0 Å². The van der Waals surface area contributed by atoms with Crippen LogP contribution < -0.4 is 0 Å². The van der Waals surface area contributed by atoms with Gasteiger partial charge in [-0.1, -0.05) is 0 Å². The first-order valence-corrected chi connectivity index (χ1v) is 3.60. The van der Waals surface area contributed by atoms with Gasteiger partial charge in [-0.05, 0) is 24.3 Å². The van der Waals surface area contributed by atoms with Gasteiger partial charge >= 0.3 is 11.3 Å². The second kappa shape index (κ2) is 9.06. The van der Waals surface area contributed by atoms with Crippen LogP contribution in [0.4, 0.5) is 0 Å². The van der Waals surface area contributed by atoms with Gasteiger partial charge in [0, 0.05) is 1.43 Å². The summed E-state index contributed by atoms with van der Waals surface area (Å²) >= 11 is 0. The van der Waals surface area contributed by atoms with E-state index in [1.807, 2.05) is 12.1 Å². The molecule has 0 aliphatic carbocycles. The van der Waals surface area contributed by atoms with Gasteiger partial charge in [0.25, 0.3) is 0 Å². The van der Waals surface area contributed by atoms with Crippen LogP contribution in [0.15, 0.2) is 51.9 Å². The summed E-state index contributed by atoms with van der Waals surface area (Å²) in [5.74, 6) is 0.375. The van der Waals surface area contributed by atoms with Crippen molar-refractivity contribution < 1.29 is 19.7 Å². The number of furan rings is 2. The summed E-state index contributed by atoms with van der Waals surface area (Å²) < 4.78 is 16.7. The number of rotatable bonds is 1. The molecular weight excluding hydrogens is 184 g/mol. The first-order valence-electron chi connectivity index (χ1n) is 3.60.